The van der Waals surface area contributed by atoms with E-state index in [2.05, 4.69) is 0 Å². The van der Waals surface area contributed by atoms with Crippen molar-refractivity contribution in [3.8, 4) is 0 Å². The van der Waals surface area contributed by atoms with Gasteiger partial charge in [0, 0.05) is 17.1 Å². The molecule has 0 heterocycles. The van der Waals surface area contributed by atoms with Gasteiger partial charge in [0.15, 0.2) is 0 Å². The number of benzene rings is 1. The standard InChI is InChI=1S/C15H20Cl2N2O/c1-10(12-6-5-11(16)9-13(12)17)19(2)14(20)15(18)7-3-4-8-15/h5-6,9-10H,3-4,7-8,18H2,1-2H3. The number of rotatable bonds is 3. The zero-order chi connectivity index (χ0) is 14.9. The Morgan fingerprint density at radius 3 is 2.50 bits per heavy atom. The molecule has 110 valence electrons. The van der Waals surface area contributed by atoms with E-state index in [1.54, 1.807) is 24.1 Å². The maximum atomic E-state index is 12.6. The number of nitrogens with zero attached hydrogens (tertiary/aromatic N) is 1. The van der Waals surface area contributed by atoms with Crippen LogP contribution in [0, 0.1) is 0 Å². The minimum atomic E-state index is -0.706. The predicted molar refractivity (Wildman–Crippen MR) is 83.0 cm³/mol. The van der Waals surface area contributed by atoms with Crippen LogP contribution in [0.4, 0.5) is 0 Å². The number of carbonyl (C=O) groups is 1. The van der Waals surface area contributed by atoms with Crippen LogP contribution < -0.4 is 5.73 Å². The second-order valence-corrected chi connectivity index (χ2v) is 6.46. The van der Waals surface area contributed by atoms with E-state index in [4.69, 9.17) is 28.9 Å². The van der Waals surface area contributed by atoms with Gasteiger partial charge in [-0.1, -0.05) is 42.1 Å². The predicted octanol–water partition coefficient (Wildman–Crippen LogP) is 3.78. The molecule has 2 N–H and O–H groups in total. The normalized spacial score (nSPS) is 18.9. The van der Waals surface area contributed by atoms with Gasteiger partial charge in [-0.05, 0) is 37.5 Å². The van der Waals surface area contributed by atoms with Crippen molar-refractivity contribution < 1.29 is 4.79 Å². The molecule has 1 aromatic carbocycles. The molecule has 0 aromatic heterocycles. The lowest BCUT2D eigenvalue weighted by atomic mass is 9.95. The lowest BCUT2D eigenvalue weighted by Gasteiger charge is -2.33. The van der Waals surface area contributed by atoms with E-state index in [0.717, 1.165) is 31.2 Å². The van der Waals surface area contributed by atoms with E-state index in [0.29, 0.717) is 10.0 Å². The number of hydrogen-bond donors (Lipinski definition) is 1. The average molecular weight is 315 g/mol. The zero-order valence-electron chi connectivity index (χ0n) is 11.8. The quantitative estimate of drug-likeness (QED) is 0.922. The van der Waals surface area contributed by atoms with Gasteiger partial charge in [-0.2, -0.15) is 0 Å². The smallest absolute Gasteiger partial charge is 0.242 e. The molecular formula is C15H20Cl2N2O. The Morgan fingerprint density at radius 2 is 1.95 bits per heavy atom. The van der Waals surface area contributed by atoms with Crippen molar-refractivity contribution in [1.82, 2.24) is 4.90 Å². The van der Waals surface area contributed by atoms with E-state index in [1.807, 2.05) is 13.0 Å². The Bertz CT molecular complexity index is 513. The van der Waals surface area contributed by atoms with Crippen LogP contribution >= 0.6 is 23.2 Å². The van der Waals surface area contributed by atoms with Crippen molar-refractivity contribution in [2.75, 3.05) is 7.05 Å². The van der Waals surface area contributed by atoms with Gasteiger partial charge in [-0.25, -0.2) is 0 Å². The van der Waals surface area contributed by atoms with Crippen LogP contribution in [0.15, 0.2) is 18.2 Å². The fourth-order valence-corrected chi connectivity index (χ4v) is 3.36. The molecule has 1 amide bonds. The molecule has 0 radical (unpaired) electrons. The third kappa shape index (κ3) is 2.95. The third-order valence-corrected chi connectivity index (χ3v) is 4.80. The molecule has 1 aliphatic carbocycles. The van der Waals surface area contributed by atoms with Crippen LogP contribution in [0.2, 0.25) is 10.0 Å². The lowest BCUT2D eigenvalue weighted by molar-refractivity contribution is -0.137. The summed E-state index contributed by atoms with van der Waals surface area (Å²) in [5, 5.41) is 1.16. The second kappa shape index (κ2) is 5.92. The van der Waals surface area contributed by atoms with Gasteiger partial charge >= 0.3 is 0 Å². The Labute approximate surface area is 130 Å². The Morgan fingerprint density at radius 1 is 1.35 bits per heavy atom. The minimum absolute atomic E-state index is 0.00600. The van der Waals surface area contributed by atoms with Crippen molar-refractivity contribution in [3.05, 3.63) is 33.8 Å². The summed E-state index contributed by atoms with van der Waals surface area (Å²) in [4.78, 5) is 14.3. The molecule has 5 heteroatoms. The van der Waals surface area contributed by atoms with Gasteiger partial charge in [0.1, 0.15) is 0 Å². The van der Waals surface area contributed by atoms with Crippen molar-refractivity contribution >= 4 is 29.1 Å². The highest BCUT2D eigenvalue weighted by Crippen LogP contribution is 2.33. The maximum Gasteiger partial charge on any atom is 0.242 e. The summed E-state index contributed by atoms with van der Waals surface area (Å²) in [6, 6.07) is 5.21. The topological polar surface area (TPSA) is 46.3 Å². The van der Waals surface area contributed by atoms with E-state index in [1.165, 1.54) is 0 Å². The fourth-order valence-electron chi connectivity index (χ4n) is 2.80. The van der Waals surface area contributed by atoms with Crippen LogP contribution in [0.1, 0.15) is 44.2 Å². The van der Waals surface area contributed by atoms with Crippen LogP contribution in [-0.4, -0.2) is 23.4 Å². The fraction of sp³-hybridized carbons (Fsp3) is 0.533. The van der Waals surface area contributed by atoms with Crippen LogP contribution in [-0.2, 0) is 4.79 Å². The number of hydrogen-bond acceptors (Lipinski definition) is 2. The molecule has 1 aromatic rings. The summed E-state index contributed by atoms with van der Waals surface area (Å²) in [5.74, 6) is -0.00600. The van der Waals surface area contributed by atoms with Gasteiger partial charge < -0.3 is 10.6 Å². The average Bonchev–Trinajstić information content (AvgIpc) is 2.84. The second-order valence-electron chi connectivity index (χ2n) is 5.62. The van der Waals surface area contributed by atoms with Crippen molar-refractivity contribution in [1.29, 1.82) is 0 Å². The number of halogens is 2. The lowest BCUT2D eigenvalue weighted by Crippen LogP contribution is -2.52. The number of likely N-dealkylation sites (N-methyl/N-ethyl adjacent to an activating group) is 1. The molecule has 1 fully saturated rings. The molecule has 0 spiro atoms. The molecule has 2 rings (SSSR count). The molecule has 1 aliphatic rings. The first kappa shape index (κ1) is 15.6. The van der Waals surface area contributed by atoms with E-state index >= 15 is 0 Å². The molecule has 1 saturated carbocycles. The van der Waals surface area contributed by atoms with Gasteiger partial charge in [-0.15, -0.1) is 0 Å². The van der Waals surface area contributed by atoms with E-state index in [9.17, 15) is 4.79 Å². The Kier molecular flexibility index (Phi) is 4.62. The monoisotopic (exact) mass is 314 g/mol. The molecule has 1 unspecified atom stereocenters. The summed E-state index contributed by atoms with van der Waals surface area (Å²) in [5.41, 5.74) is 6.41. The molecular weight excluding hydrogens is 295 g/mol. The van der Waals surface area contributed by atoms with Crippen LogP contribution in [0.3, 0.4) is 0 Å². The van der Waals surface area contributed by atoms with Crippen LogP contribution in [0.5, 0.6) is 0 Å². The summed E-state index contributed by atoms with van der Waals surface area (Å²) < 4.78 is 0. The first-order chi connectivity index (χ1) is 9.35. The molecule has 20 heavy (non-hydrogen) atoms. The third-order valence-electron chi connectivity index (χ3n) is 4.24. The van der Waals surface area contributed by atoms with Crippen molar-refractivity contribution in [2.24, 2.45) is 5.73 Å². The van der Waals surface area contributed by atoms with Gasteiger partial charge in [0.05, 0.1) is 11.6 Å². The highest BCUT2D eigenvalue weighted by molar-refractivity contribution is 6.35. The summed E-state index contributed by atoms with van der Waals surface area (Å²) in [6.45, 7) is 1.95. The molecule has 0 aliphatic heterocycles. The Balaban J connectivity index is 2.19. The van der Waals surface area contributed by atoms with Gasteiger partial charge in [0.25, 0.3) is 0 Å². The van der Waals surface area contributed by atoms with Crippen LogP contribution in [0.25, 0.3) is 0 Å². The first-order valence-electron chi connectivity index (χ1n) is 6.86. The SMILES string of the molecule is CC(c1ccc(Cl)cc1Cl)N(C)C(=O)C1(N)CCCC1. The zero-order valence-corrected chi connectivity index (χ0v) is 13.3. The van der Waals surface area contributed by atoms with E-state index < -0.39 is 5.54 Å². The van der Waals surface area contributed by atoms with Gasteiger partial charge in [0.2, 0.25) is 5.91 Å². The molecule has 0 saturated heterocycles. The van der Waals surface area contributed by atoms with Crippen molar-refractivity contribution in [2.45, 2.75) is 44.2 Å². The summed E-state index contributed by atoms with van der Waals surface area (Å²) >= 11 is 12.1. The highest BCUT2D eigenvalue weighted by Gasteiger charge is 2.40. The first-order valence-corrected chi connectivity index (χ1v) is 7.62. The number of carbonyl (C=O) groups excluding carboxylic acids is 1. The summed E-state index contributed by atoms with van der Waals surface area (Å²) in [6.07, 6.45) is 3.56. The minimum Gasteiger partial charge on any atom is -0.337 e. The van der Waals surface area contributed by atoms with Gasteiger partial charge in [-0.3, -0.25) is 4.79 Å². The van der Waals surface area contributed by atoms with E-state index in [-0.39, 0.29) is 11.9 Å². The number of amides is 1. The Hall–Kier alpha value is -0.770. The molecule has 1 atom stereocenters. The number of nitrogens with two attached hydrogens (primary N) is 1. The summed E-state index contributed by atoms with van der Waals surface area (Å²) in [7, 11) is 1.78. The van der Waals surface area contributed by atoms with Crippen molar-refractivity contribution in [3.63, 3.8) is 0 Å². The molecule has 0 bridgehead atoms. The molecule has 3 nitrogen and oxygen atoms in total. The largest absolute Gasteiger partial charge is 0.337 e. The maximum absolute atomic E-state index is 12.6. The highest BCUT2D eigenvalue weighted by atomic mass is 35.5.